The van der Waals surface area contributed by atoms with Gasteiger partial charge in [0.1, 0.15) is 10.7 Å². The van der Waals surface area contributed by atoms with E-state index in [1.165, 1.54) is 0 Å². The van der Waals surface area contributed by atoms with Gasteiger partial charge in [-0.2, -0.15) is 0 Å². The summed E-state index contributed by atoms with van der Waals surface area (Å²) in [6, 6.07) is 13.9. The second-order valence-electron chi connectivity index (χ2n) is 4.71. The normalized spacial score (nSPS) is 10.1. The van der Waals surface area contributed by atoms with E-state index in [2.05, 4.69) is 0 Å². The number of carbonyl (C=O) groups excluding carboxylic acids is 1. The van der Waals surface area contributed by atoms with Crippen LogP contribution in [-0.2, 0) is 11.2 Å². The van der Waals surface area contributed by atoms with Crippen molar-refractivity contribution in [3.63, 3.8) is 0 Å². The van der Waals surface area contributed by atoms with Crippen LogP contribution in [0.1, 0.15) is 11.1 Å². The van der Waals surface area contributed by atoms with Crippen LogP contribution in [-0.4, -0.2) is 23.0 Å². The number of thiocarbonyl (C=S) groups is 1. The fourth-order valence-corrected chi connectivity index (χ4v) is 2.10. The predicted molar refractivity (Wildman–Crippen MR) is 87.6 cm³/mol. The van der Waals surface area contributed by atoms with Crippen molar-refractivity contribution in [1.29, 1.82) is 0 Å². The van der Waals surface area contributed by atoms with E-state index in [9.17, 15) is 9.90 Å². The third kappa shape index (κ3) is 3.79. The molecule has 1 amide bonds. The maximum Gasteiger partial charge on any atom is 0.231 e. The van der Waals surface area contributed by atoms with Crippen molar-refractivity contribution in [1.82, 2.24) is 0 Å². The van der Waals surface area contributed by atoms with Gasteiger partial charge in [-0.3, -0.25) is 4.79 Å². The topological polar surface area (TPSA) is 66.6 Å². The van der Waals surface area contributed by atoms with Gasteiger partial charge in [-0.1, -0.05) is 36.5 Å². The molecule has 108 valence electrons. The van der Waals surface area contributed by atoms with E-state index in [0.717, 1.165) is 16.8 Å². The lowest BCUT2D eigenvalue weighted by Crippen LogP contribution is -2.28. The first-order valence-electron chi connectivity index (χ1n) is 6.41. The van der Waals surface area contributed by atoms with Gasteiger partial charge in [0, 0.05) is 18.3 Å². The molecule has 0 aliphatic heterocycles. The van der Waals surface area contributed by atoms with Gasteiger partial charge in [-0.05, 0) is 29.8 Å². The van der Waals surface area contributed by atoms with Crippen LogP contribution in [0.2, 0.25) is 0 Å². The van der Waals surface area contributed by atoms with Crippen molar-refractivity contribution in [2.24, 2.45) is 5.73 Å². The Bertz CT molecular complexity index is 685. The number of carbonyl (C=O) groups is 1. The summed E-state index contributed by atoms with van der Waals surface area (Å²) < 4.78 is 0. The van der Waals surface area contributed by atoms with Crippen molar-refractivity contribution in [2.75, 3.05) is 11.9 Å². The molecule has 0 aromatic heterocycles. The third-order valence-electron chi connectivity index (χ3n) is 3.16. The molecule has 0 saturated carbocycles. The van der Waals surface area contributed by atoms with Crippen LogP contribution in [0.3, 0.4) is 0 Å². The number of nitrogens with two attached hydrogens (primary N) is 1. The van der Waals surface area contributed by atoms with Crippen LogP contribution in [0, 0.1) is 0 Å². The van der Waals surface area contributed by atoms with E-state index in [1.54, 1.807) is 48.3 Å². The zero-order chi connectivity index (χ0) is 15.4. The molecule has 0 bridgehead atoms. The summed E-state index contributed by atoms with van der Waals surface area (Å²) in [5.74, 6) is 0.0686. The van der Waals surface area contributed by atoms with Gasteiger partial charge in [0.25, 0.3) is 0 Å². The van der Waals surface area contributed by atoms with Gasteiger partial charge in [0.05, 0.1) is 6.42 Å². The number of anilines is 1. The number of benzene rings is 2. The van der Waals surface area contributed by atoms with Crippen LogP contribution in [0.5, 0.6) is 5.75 Å². The van der Waals surface area contributed by atoms with Crippen LogP contribution in [0.15, 0.2) is 48.5 Å². The van der Waals surface area contributed by atoms with Crippen LogP contribution >= 0.6 is 12.2 Å². The Morgan fingerprint density at radius 3 is 2.62 bits per heavy atom. The quantitative estimate of drug-likeness (QED) is 0.850. The summed E-state index contributed by atoms with van der Waals surface area (Å²) in [4.78, 5) is 14.1. The predicted octanol–water partition coefficient (Wildman–Crippen LogP) is 2.23. The lowest BCUT2D eigenvalue weighted by Gasteiger charge is -2.18. The molecule has 2 aromatic carbocycles. The average molecular weight is 300 g/mol. The maximum atomic E-state index is 12.3. The second-order valence-corrected chi connectivity index (χ2v) is 5.15. The molecule has 2 aromatic rings. The fourth-order valence-electron chi connectivity index (χ4n) is 1.97. The van der Waals surface area contributed by atoms with Crippen molar-refractivity contribution < 1.29 is 9.90 Å². The third-order valence-corrected chi connectivity index (χ3v) is 3.39. The molecule has 2 rings (SSSR count). The summed E-state index contributed by atoms with van der Waals surface area (Å²) in [6.07, 6.45) is 0.211. The Labute approximate surface area is 128 Å². The largest absolute Gasteiger partial charge is 0.508 e. The van der Waals surface area contributed by atoms with Crippen molar-refractivity contribution in [2.45, 2.75) is 6.42 Å². The zero-order valence-corrected chi connectivity index (χ0v) is 12.4. The molecule has 0 heterocycles. The summed E-state index contributed by atoms with van der Waals surface area (Å²) in [5.41, 5.74) is 7.81. The van der Waals surface area contributed by atoms with E-state index in [0.29, 0.717) is 4.99 Å². The van der Waals surface area contributed by atoms with E-state index in [4.69, 9.17) is 18.0 Å². The Hall–Kier alpha value is -2.40. The van der Waals surface area contributed by atoms with Gasteiger partial charge >= 0.3 is 0 Å². The number of phenolic OH excluding ortho intramolecular Hbond substituents is 1. The highest BCUT2D eigenvalue weighted by atomic mass is 32.1. The minimum atomic E-state index is -0.0827. The van der Waals surface area contributed by atoms with Gasteiger partial charge in [0.2, 0.25) is 5.91 Å². The Morgan fingerprint density at radius 2 is 1.95 bits per heavy atom. The average Bonchev–Trinajstić information content (AvgIpc) is 2.46. The second kappa shape index (κ2) is 6.37. The molecule has 0 spiro atoms. The first kappa shape index (κ1) is 15.0. The van der Waals surface area contributed by atoms with E-state index in [1.807, 2.05) is 12.1 Å². The molecule has 3 N–H and O–H groups in total. The molecule has 0 atom stereocenters. The lowest BCUT2D eigenvalue weighted by molar-refractivity contribution is -0.117. The minimum Gasteiger partial charge on any atom is -0.508 e. The van der Waals surface area contributed by atoms with Crippen molar-refractivity contribution >= 4 is 28.8 Å². The lowest BCUT2D eigenvalue weighted by atomic mass is 10.1. The Balaban J connectivity index is 2.15. The first-order chi connectivity index (χ1) is 9.97. The Kier molecular flexibility index (Phi) is 4.55. The van der Waals surface area contributed by atoms with Gasteiger partial charge in [0.15, 0.2) is 0 Å². The Morgan fingerprint density at radius 1 is 1.24 bits per heavy atom. The van der Waals surface area contributed by atoms with Gasteiger partial charge in [-0.15, -0.1) is 0 Å². The number of rotatable bonds is 4. The number of likely N-dealkylation sites (N-methyl/N-ethyl adjacent to an activating group) is 1. The van der Waals surface area contributed by atoms with Gasteiger partial charge in [-0.25, -0.2) is 0 Å². The molecule has 0 aliphatic rings. The van der Waals surface area contributed by atoms with Gasteiger partial charge < -0.3 is 15.7 Å². The zero-order valence-electron chi connectivity index (χ0n) is 11.6. The molecule has 0 saturated heterocycles. The standard InChI is InChI=1S/C16H16N2O2S/c1-18(13-6-3-5-12(10-13)16(17)21)15(20)9-11-4-2-7-14(19)8-11/h2-8,10,19H,9H2,1H3,(H2,17,21). The molecule has 5 heteroatoms. The van der Waals surface area contributed by atoms with E-state index >= 15 is 0 Å². The molecular weight excluding hydrogens is 284 g/mol. The number of phenols is 1. The molecule has 0 aliphatic carbocycles. The van der Waals surface area contributed by atoms with Crippen molar-refractivity contribution in [3.05, 3.63) is 59.7 Å². The highest BCUT2D eigenvalue weighted by Crippen LogP contribution is 2.17. The van der Waals surface area contributed by atoms with Crippen LogP contribution < -0.4 is 10.6 Å². The molecule has 0 unspecified atom stereocenters. The fraction of sp³-hybridized carbons (Fsp3) is 0.125. The minimum absolute atomic E-state index is 0.0827. The smallest absolute Gasteiger partial charge is 0.231 e. The summed E-state index contributed by atoms with van der Waals surface area (Å²) in [6.45, 7) is 0. The number of hydrogen-bond donors (Lipinski definition) is 2. The highest BCUT2D eigenvalue weighted by Gasteiger charge is 2.12. The van der Waals surface area contributed by atoms with E-state index < -0.39 is 0 Å². The maximum absolute atomic E-state index is 12.3. The monoisotopic (exact) mass is 300 g/mol. The first-order valence-corrected chi connectivity index (χ1v) is 6.82. The number of amides is 1. The highest BCUT2D eigenvalue weighted by molar-refractivity contribution is 7.80. The molecule has 0 radical (unpaired) electrons. The van der Waals surface area contributed by atoms with Crippen molar-refractivity contribution in [3.8, 4) is 5.75 Å². The molecular formula is C16H16N2O2S. The SMILES string of the molecule is CN(C(=O)Cc1cccc(O)c1)c1cccc(C(N)=S)c1. The number of hydrogen-bond acceptors (Lipinski definition) is 3. The van der Waals surface area contributed by atoms with Crippen LogP contribution in [0.25, 0.3) is 0 Å². The molecule has 0 fully saturated rings. The molecule has 21 heavy (non-hydrogen) atoms. The van der Waals surface area contributed by atoms with Crippen LogP contribution in [0.4, 0.5) is 5.69 Å². The summed E-state index contributed by atoms with van der Waals surface area (Å²) >= 11 is 4.94. The number of nitrogens with zero attached hydrogens (tertiary/aromatic N) is 1. The summed E-state index contributed by atoms with van der Waals surface area (Å²) in [5, 5.41) is 9.43. The number of aromatic hydroxyl groups is 1. The molecule has 4 nitrogen and oxygen atoms in total. The van der Waals surface area contributed by atoms with E-state index in [-0.39, 0.29) is 18.1 Å². The summed E-state index contributed by atoms with van der Waals surface area (Å²) in [7, 11) is 1.70.